The number of carbonyl (C=O) groups is 3. The molecule has 0 saturated carbocycles. The van der Waals surface area contributed by atoms with Gasteiger partial charge in [-0.1, -0.05) is 0 Å². The Kier molecular flexibility index (Phi) is 6.82. The van der Waals surface area contributed by atoms with Gasteiger partial charge < -0.3 is 14.2 Å². The van der Waals surface area contributed by atoms with Gasteiger partial charge in [0.05, 0.1) is 0 Å². The van der Waals surface area contributed by atoms with Gasteiger partial charge in [0.15, 0.2) is 12.2 Å². The summed E-state index contributed by atoms with van der Waals surface area (Å²) in [5.74, 6) is -1.41. The van der Waals surface area contributed by atoms with Crippen LogP contribution in [0.3, 0.4) is 0 Å². The fourth-order valence-corrected chi connectivity index (χ4v) is 0.984. The second-order valence-electron chi connectivity index (χ2n) is 2.88. The Bertz CT molecular complexity index is 254. The molecular formula is C9H13FO6. The summed E-state index contributed by atoms with van der Waals surface area (Å²) in [7, 11) is 0. The molecule has 0 aromatic rings. The highest BCUT2D eigenvalue weighted by atomic mass is 19.1. The highest BCUT2D eigenvalue weighted by Crippen LogP contribution is 2.07. The molecule has 7 heteroatoms. The van der Waals surface area contributed by atoms with E-state index in [1.807, 2.05) is 0 Å². The van der Waals surface area contributed by atoms with Crippen LogP contribution in [-0.4, -0.2) is 43.9 Å². The van der Waals surface area contributed by atoms with Crippen LogP contribution in [0, 0.1) is 0 Å². The number of halogens is 1. The van der Waals surface area contributed by atoms with Crippen LogP contribution < -0.4 is 0 Å². The van der Waals surface area contributed by atoms with Crippen molar-refractivity contribution in [2.24, 2.45) is 0 Å². The first-order valence-corrected chi connectivity index (χ1v) is 4.47. The van der Waals surface area contributed by atoms with Crippen molar-refractivity contribution in [2.75, 3.05) is 13.3 Å². The molecule has 0 amide bonds. The maximum Gasteiger partial charge on any atom is 0.303 e. The number of alkyl halides is 1. The van der Waals surface area contributed by atoms with E-state index in [0.29, 0.717) is 0 Å². The van der Waals surface area contributed by atoms with E-state index in [2.05, 4.69) is 14.2 Å². The lowest BCUT2D eigenvalue weighted by molar-refractivity contribution is -0.172. The van der Waals surface area contributed by atoms with Crippen LogP contribution >= 0.6 is 0 Å². The van der Waals surface area contributed by atoms with Crippen LogP contribution in [0.15, 0.2) is 0 Å². The summed E-state index contributed by atoms with van der Waals surface area (Å²) in [6, 6.07) is 0. The number of hydrogen-bond donors (Lipinski definition) is 0. The minimum absolute atomic E-state index is 0.125. The molecule has 2 atom stereocenters. The van der Waals surface area contributed by atoms with Crippen molar-refractivity contribution in [3.8, 4) is 0 Å². The van der Waals surface area contributed by atoms with Gasteiger partial charge in [-0.05, 0) is 0 Å². The van der Waals surface area contributed by atoms with E-state index < -0.39 is 30.8 Å². The summed E-state index contributed by atoms with van der Waals surface area (Å²) < 4.78 is 26.1. The number of ether oxygens (including phenoxy) is 3. The maximum atomic E-state index is 12.5. The first-order chi connectivity index (χ1) is 7.51. The molecule has 0 aliphatic rings. The van der Waals surface area contributed by atoms with Crippen molar-refractivity contribution >= 4 is 18.4 Å². The molecule has 0 fully saturated rings. The molecule has 0 rings (SSSR count). The summed E-state index contributed by atoms with van der Waals surface area (Å²) in [6.45, 7) is 0.912. The van der Waals surface area contributed by atoms with Gasteiger partial charge in [-0.15, -0.1) is 0 Å². The Morgan fingerprint density at radius 3 is 2.06 bits per heavy atom. The second kappa shape index (κ2) is 7.61. The summed E-state index contributed by atoms with van der Waals surface area (Å²) in [4.78, 5) is 31.3. The van der Waals surface area contributed by atoms with Gasteiger partial charge in [0, 0.05) is 13.8 Å². The fraction of sp³-hybridized carbons (Fsp3) is 0.667. The van der Waals surface area contributed by atoms with Crippen molar-refractivity contribution in [2.45, 2.75) is 26.1 Å². The van der Waals surface area contributed by atoms with Crippen LogP contribution in [0.2, 0.25) is 0 Å². The standard InChI is InChI=1S/C9H13FO6/c1-6(12)15-8(3-10)9(4-14-5-11)16-7(2)13/h5,8-9H,3-4H2,1-2H3/t8-,9+/m1/s1. The molecule has 0 N–H and O–H groups in total. The van der Waals surface area contributed by atoms with Crippen LogP contribution in [0.1, 0.15) is 13.8 Å². The van der Waals surface area contributed by atoms with Crippen molar-refractivity contribution < 1.29 is 33.0 Å². The van der Waals surface area contributed by atoms with Crippen molar-refractivity contribution in [1.29, 1.82) is 0 Å². The van der Waals surface area contributed by atoms with E-state index >= 15 is 0 Å². The van der Waals surface area contributed by atoms with E-state index in [9.17, 15) is 18.8 Å². The van der Waals surface area contributed by atoms with Crippen molar-refractivity contribution in [3.05, 3.63) is 0 Å². The number of hydrogen-bond acceptors (Lipinski definition) is 6. The van der Waals surface area contributed by atoms with Gasteiger partial charge >= 0.3 is 11.9 Å². The molecule has 0 heterocycles. The van der Waals surface area contributed by atoms with E-state index in [1.54, 1.807) is 0 Å². The Morgan fingerprint density at radius 2 is 1.69 bits per heavy atom. The third kappa shape index (κ3) is 5.94. The zero-order chi connectivity index (χ0) is 12.6. The third-order valence-corrected chi connectivity index (χ3v) is 1.53. The highest BCUT2D eigenvalue weighted by molar-refractivity contribution is 5.67. The van der Waals surface area contributed by atoms with Crippen LogP contribution in [0.5, 0.6) is 0 Å². The van der Waals surface area contributed by atoms with Crippen LogP contribution in [0.4, 0.5) is 4.39 Å². The molecule has 0 unspecified atom stereocenters. The molecule has 0 aromatic heterocycles. The molecular weight excluding hydrogens is 223 g/mol. The largest absolute Gasteiger partial charge is 0.464 e. The highest BCUT2D eigenvalue weighted by Gasteiger charge is 2.27. The molecule has 0 aliphatic carbocycles. The SMILES string of the molecule is CC(=O)O[C@@H](COC=O)[C@@H](CF)OC(C)=O. The van der Waals surface area contributed by atoms with E-state index in [0.717, 1.165) is 13.8 Å². The Morgan fingerprint density at radius 1 is 1.19 bits per heavy atom. The first-order valence-electron chi connectivity index (χ1n) is 4.47. The average molecular weight is 236 g/mol. The topological polar surface area (TPSA) is 78.9 Å². The van der Waals surface area contributed by atoms with Gasteiger partial charge in [-0.2, -0.15) is 0 Å². The molecule has 0 spiro atoms. The van der Waals surface area contributed by atoms with Gasteiger partial charge in [0.1, 0.15) is 13.3 Å². The lowest BCUT2D eigenvalue weighted by Crippen LogP contribution is -2.39. The second-order valence-corrected chi connectivity index (χ2v) is 2.88. The maximum absolute atomic E-state index is 12.5. The molecule has 0 aliphatic heterocycles. The molecule has 92 valence electrons. The molecule has 6 nitrogen and oxygen atoms in total. The fourth-order valence-electron chi connectivity index (χ4n) is 0.984. The predicted octanol–water partition coefficient (Wildman–Crippen LogP) is -0.00770. The molecule has 0 saturated heterocycles. The summed E-state index contributed by atoms with van der Waals surface area (Å²) >= 11 is 0. The predicted molar refractivity (Wildman–Crippen MR) is 49.1 cm³/mol. The van der Waals surface area contributed by atoms with Crippen molar-refractivity contribution in [3.63, 3.8) is 0 Å². The van der Waals surface area contributed by atoms with Gasteiger partial charge in [-0.25, -0.2) is 4.39 Å². The monoisotopic (exact) mass is 236 g/mol. The molecule has 0 radical (unpaired) electrons. The number of rotatable bonds is 7. The summed E-state index contributed by atoms with van der Waals surface area (Å²) in [5, 5.41) is 0. The van der Waals surface area contributed by atoms with Gasteiger partial charge in [0.25, 0.3) is 6.47 Å². The summed E-state index contributed by atoms with van der Waals surface area (Å²) in [5.41, 5.74) is 0. The lowest BCUT2D eigenvalue weighted by Gasteiger charge is -2.23. The smallest absolute Gasteiger partial charge is 0.303 e. The van der Waals surface area contributed by atoms with Crippen LogP contribution in [-0.2, 0) is 28.6 Å². The average Bonchev–Trinajstić information content (AvgIpc) is 2.20. The third-order valence-electron chi connectivity index (χ3n) is 1.53. The quantitative estimate of drug-likeness (QED) is 0.351. The molecule has 0 bridgehead atoms. The van der Waals surface area contributed by atoms with Gasteiger partial charge in [-0.3, -0.25) is 14.4 Å². The van der Waals surface area contributed by atoms with E-state index in [4.69, 9.17) is 0 Å². The molecule has 0 aromatic carbocycles. The normalized spacial score (nSPS) is 13.4. The Balaban J connectivity index is 4.46. The van der Waals surface area contributed by atoms with E-state index in [1.165, 1.54) is 0 Å². The Labute approximate surface area is 91.6 Å². The van der Waals surface area contributed by atoms with E-state index in [-0.39, 0.29) is 13.1 Å². The first kappa shape index (κ1) is 14.3. The zero-order valence-electron chi connectivity index (χ0n) is 8.97. The lowest BCUT2D eigenvalue weighted by atomic mass is 10.2. The number of carbonyl (C=O) groups excluding carboxylic acids is 3. The minimum atomic E-state index is -1.28. The summed E-state index contributed by atoms with van der Waals surface area (Å²) in [6.07, 6.45) is -2.42. The van der Waals surface area contributed by atoms with Gasteiger partial charge in [0.2, 0.25) is 0 Å². The zero-order valence-corrected chi connectivity index (χ0v) is 8.97. The molecule has 16 heavy (non-hydrogen) atoms. The number of esters is 2. The van der Waals surface area contributed by atoms with Crippen LogP contribution in [0.25, 0.3) is 0 Å². The minimum Gasteiger partial charge on any atom is -0.464 e. The Hall–Kier alpha value is -1.66. The van der Waals surface area contributed by atoms with Crippen molar-refractivity contribution in [1.82, 2.24) is 0 Å².